The number of rotatable bonds is 4. The molecule has 118 valence electrons. The summed E-state index contributed by atoms with van der Waals surface area (Å²) in [6, 6.07) is 7.37. The summed E-state index contributed by atoms with van der Waals surface area (Å²) in [4.78, 5) is 12.8. The molecular weight excluding hydrogens is 346 g/mol. The summed E-state index contributed by atoms with van der Waals surface area (Å²) in [5, 5.41) is 20.0. The molecular formula is C13H8ClN3O5S. The van der Waals surface area contributed by atoms with Crippen molar-refractivity contribution in [2.75, 3.05) is 4.72 Å². The van der Waals surface area contributed by atoms with E-state index in [0.29, 0.717) is 0 Å². The highest BCUT2D eigenvalue weighted by molar-refractivity contribution is 7.92. The van der Waals surface area contributed by atoms with Crippen LogP contribution in [0.4, 0.5) is 17.1 Å². The van der Waals surface area contributed by atoms with E-state index in [-0.39, 0.29) is 21.3 Å². The smallest absolute Gasteiger partial charge is 0.314 e. The van der Waals surface area contributed by atoms with E-state index >= 15 is 0 Å². The zero-order valence-corrected chi connectivity index (χ0v) is 12.8. The van der Waals surface area contributed by atoms with E-state index in [1.807, 2.05) is 0 Å². The Morgan fingerprint density at radius 1 is 1.30 bits per heavy atom. The summed E-state index contributed by atoms with van der Waals surface area (Å²) < 4.78 is 26.8. The lowest BCUT2D eigenvalue weighted by Crippen LogP contribution is -2.13. The van der Waals surface area contributed by atoms with Crippen molar-refractivity contribution in [3.8, 4) is 5.75 Å². The Morgan fingerprint density at radius 3 is 2.57 bits per heavy atom. The van der Waals surface area contributed by atoms with Crippen LogP contribution in [0.15, 0.2) is 41.3 Å². The average molecular weight is 354 g/mol. The normalized spacial score (nSPS) is 10.8. The predicted molar refractivity (Wildman–Crippen MR) is 83.3 cm³/mol. The van der Waals surface area contributed by atoms with Crippen LogP contribution in [0, 0.1) is 16.7 Å². The molecule has 0 bridgehead atoms. The highest BCUT2D eigenvalue weighted by atomic mass is 35.5. The summed E-state index contributed by atoms with van der Waals surface area (Å²) >= 11 is 5.66. The maximum atomic E-state index is 12.3. The molecule has 2 aromatic rings. The van der Waals surface area contributed by atoms with Gasteiger partial charge in [-0.25, -0.2) is 13.3 Å². The Balaban J connectivity index is 2.50. The summed E-state index contributed by atoms with van der Waals surface area (Å²) in [6.45, 7) is 6.99. The molecule has 0 aliphatic rings. The minimum Gasteiger partial charge on any atom is -0.501 e. The zero-order valence-electron chi connectivity index (χ0n) is 11.2. The molecule has 0 amide bonds. The van der Waals surface area contributed by atoms with Gasteiger partial charge in [-0.3, -0.25) is 14.8 Å². The van der Waals surface area contributed by atoms with Crippen molar-refractivity contribution >= 4 is 38.7 Å². The fourth-order valence-corrected chi connectivity index (χ4v) is 3.17. The van der Waals surface area contributed by atoms with E-state index in [9.17, 15) is 23.6 Å². The standard InChI is InChI=1S/C13H8ClN3O5S/c1-15-10-4-2-3-5-12(10)23(21,22)16-8-6-9(14)13(18)11(7-8)17(19)20/h2-7,16,18H. The number of aromatic hydroxyl groups is 1. The molecule has 23 heavy (non-hydrogen) atoms. The predicted octanol–water partition coefficient (Wildman–Crippen LogP) is 3.31. The number of benzene rings is 2. The fraction of sp³-hybridized carbons (Fsp3) is 0. The lowest BCUT2D eigenvalue weighted by Gasteiger charge is -2.10. The van der Waals surface area contributed by atoms with Crippen molar-refractivity contribution in [2.45, 2.75) is 4.90 Å². The lowest BCUT2D eigenvalue weighted by atomic mass is 10.2. The molecule has 0 saturated heterocycles. The number of phenolic OH excluding ortho intramolecular Hbond substituents is 1. The van der Waals surface area contributed by atoms with E-state index in [0.717, 1.165) is 12.1 Å². The van der Waals surface area contributed by atoms with Crippen molar-refractivity contribution in [3.05, 3.63) is 63.0 Å². The minimum absolute atomic E-state index is 0.0978. The number of phenols is 1. The summed E-state index contributed by atoms with van der Waals surface area (Å²) in [5.41, 5.74) is -1.05. The number of nitrogens with zero attached hydrogens (tertiary/aromatic N) is 2. The molecule has 2 N–H and O–H groups in total. The maximum absolute atomic E-state index is 12.3. The third-order valence-electron chi connectivity index (χ3n) is 2.77. The summed E-state index contributed by atoms with van der Waals surface area (Å²) in [6.07, 6.45) is 0. The molecule has 8 nitrogen and oxygen atoms in total. The van der Waals surface area contributed by atoms with Crippen molar-refractivity contribution in [3.63, 3.8) is 0 Å². The number of para-hydroxylation sites is 1. The van der Waals surface area contributed by atoms with Crippen LogP contribution in [0.2, 0.25) is 5.02 Å². The fourth-order valence-electron chi connectivity index (χ4n) is 1.77. The number of halogens is 1. The van der Waals surface area contributed by atoms with Gasteiger partial charge in [0.15, 0.2) is 0 Å². The number of hydrogen-bond acceptors (Lipinski definition) is 5. The molecule has 0 aliphatic heterocycles. The molecule has 0 saturated carbocycles. The Hall–Kier alpha value is -2.83. The van der Waals surface area contributed by atoms with Crippen molar-refractivity contribution < 1.29 is 18.4 Å². The first-order chi connectivity index (χ1) is 10.8. The molecule has 0 unspecified atom stereocenters. The Labute approximate surface area is 136 Å². The van der Waals surface area contributed by atoms with Crippen LogP contribution >= 0.6 is 11.6 Å². The first-order valence-corrected chi connectivity index (χ1v) is 7.78. The van der Waals surface area contributed by atoms with Crippen LogP contribution in [0.3, 0.4) is 0 Å². The van der Waals surface area contributed by atoms with Crippen LogP contribution in [0.25, 0.3) is 4.85 Å². The second-order valence-corrected chi connectivity index (χ2v) is 6.33. The summed E-state index contributed by atoms with van der Waals surface area (Å²) in [7, 11) is -4.15. The topological polar surface area (TPSA) is 114 Å². The summed E-state index contributed by atoms with van der Waals surface area (Å²) in [5.74, 6) is -0.763. The third-order valence-corrected chi connectivity index (χ3v) is 4.48. The number of nitro benzene ring substituents is 1. The van der Waals surface area contributed by atoms with E-state index in [1.54, 1.807) is 0 Å². The largest absolute Gasteiger partial charge is 0.501 e. The Kier molecular flexibility index (Phi) is 4.40. The SMILES string of the molecule is [C-]#[N+]c1ccccc1S(=O)(=O)Nc1cc(Cl)c(O)c([N+](=O)[O-])c1. The van der Waals surface area contributed by atoms with E-state index < -0.39 is 26.4 Å². The van der Waals surface area contributed by atoms with E-state index in [2.05, 4.69) is 9.57 Å². The van der Waals surface area contributed by atoms with Gasteiger partial charge in [-0.15, -0.1) is 0 Å². The van der Waals surface area contributed by atoms with Gasteiger partial charge in [-0.1, -0.05) is 35.9 Å². The Bertz CT molecular complexity index is 937. The first kappa shape index (κ1) is 16.5. The highest BCUT2D eigenvalue weighted by Crippen LogP contribution is 2.37. The van der Waals surface area contributed by atoms with Crippen LogP contribution in [-0.2, 0) is 10.0 Å². The molecule has 0 aliphatic carbocycles. The minimum atomic E-state index is -4.15. The molecule has 0 atom stereocenters. The molecule has 2 aromatic carbocycles. The lowest BCUT2D eigenvalue weighted by molar-refractivity contribution is -0.385. The molecule has 2 rings (SSSR count). The highest BCUT2D eigenvalue weighted by Gasteiger charge is 2.22. The number of nitro groups is 1. The van der Waals surface area contributed by atoms with Crippen molar-refractivity contribution in [1.82, 2.24) is 0 Å². The van der Waals surface area contributed by atoms with Crippen LogP contribution in [0.1, 0.15) is 0 Å². The number of nitrogens with one attached hydrogen (secondary N) is 1. The van der Waals surface area contributed by atoms with Crippen LogP contribution < -0.4 is 4.72 Å². The number of hydrogen-bond donors (Lipinski definition) is 2. The van der Waals surface area contributed by atoms with Crippen LogP contribution in [0.5, 0.6) is 5.75 Å². The van der Waals surface area contributed by atoms with Gasteiger partial charge in [0.05, 0.1) is 27.1 Å². The number of anilines is 1. The van der Waals surface area contributed by atoms with Gasteiger partial charge in [-0.2, -0.15) is 0 Å². The molecule has 0 fully saturated rings. The van der Waals surface area contributed by atoms with Gasteiger partial charge in [-0.05, 0) is 6.07 Å². The molecule has 10 heteroatoms. The van der Waals surface area contributed by atoms with Crippen LogP contribution in [-0.4, -0.2) is 18.4 Å². The zero-order chi connectivity index (χ0) is 17.2. The first-order valence-electron chi connectivity index (χ1n) is 5.92. The van der Waals surface area contributed by atoms with Gasteiger partial charge in [0.2, 0.25) is 11.4 Å². The average Bonchev–Trinajstić information content (AvgIpc) is 2.50. The van der Waals surface area contributed by atoms with E-state index in [4.69, 9.17) is 18.2 Å². The van der Waals surface area contributed by atoms with Gasteiger partial charge in [0, 0.05) is 6.07 Å². The van der Waals surface area contributed by atoms with Gasteiger partial charge >= 0.3 is 5.69 Å². The van der Waals surface area contributed by atoms with Crippen molar-refractivity contribution in [2.24, 2.45) is 0 Å². The second kappa shape index (κ2) is 6.12. The van der Waals surface area contributed by atoms with Gasteiger partial charge < -0.3 is 5.11 Å². The van der Waals surface area contributed by atoms with Crippen molar-refractivity contribution in [1.29, 1.82) is 0 Å². The van der Waals surface area contributed by atoms with Gasteiger partial charge in [0.1, 0.15) is 0 Å². The molecule has 0 heterocycles. The molecule has 0 aromatic heterocycles. The molecule has 0 radical (unpaired) electrons. The van der Waals surface area contributed by atoms with E-state index in [1.165, 1.54) is 24.3 Å². The second-order valence-electron chi connectivity index (χ2n) is 4.27. The number of sulfonamides is 1. The molecule has 0 spiro atoms. The quantitative estimate of drug-likeness (QED) is 0.379. The third kappa shape index (κ3) is 3.33. The Morgan fingerprint density at radius 2 is 1.96 bits per heavy atom. The monoisotopic (exact) mass is 353 g/mol. The maximum Gasteiger partial charge on any atom is 0.314 e. The van der Waals surface area contributed by atoms with Gasteiger partial charge in [0.25, 0.3) is 10.0 Å².